The molecule has 0 saturated carbocycles. The number of halogens is 1. The van der Waals surface area contributed by atoms with Gasteiger partial charge in [-0.2, -0.15) is 0 Å². The number of carbonyl (C=O) groups is 1. The zero-order valence-electron chi connectivity index (χ0n) is 14.3. The third kappa shape index (κ3) is 4.24. The molecule has 0 bridgehead atoms. The lowest BCUT2D eigenvalue weighted by Crippen LogP contribution is -2.27. The van der Waals surface area contributed by atoms with Crippen LogP contribution in [0.3, 0.4) is 0 Å². The number of amides is 1. The van der Waals surface area contributed by atoms with Crippen LogP contribution < -0.4 is 5.32 Å². The molecule has 6 heteroatoms. The highest BCUT2D eigenvalue weighted by Crippen LogP contribution is 2.24. The van der Waals surface area contributed by atoms with Gasteiger partial charge in [-0.3, -0.25) is 4.79 Å². The molecule has 3 aromatic rings. The molecular weight excluding hydrogens is 347 g/mol. The normalized spacial score (nSPS) is 11.6. The number of hydrogen-bond donors (Lipinski definition) is 2. The van der Waals surface area contributed by atoms with Gasteiger partial charge >= 0.3 is 0 Å². The Morgan fingerprint density at radius 1 is 1.04 bits per heavy atom. The molecule has 3 aromatic carbocycles. The maximum Gasteiger partial charge on any atom is 0.253 e. The molecule has 0 aromatic heterocycles. The molecule has 0 saturated heterocycles. The minimum atomic E-state index is -1.11. The smallest absolute Gasteiger partial charge is 0.253 e. The summed E-state index contributed by atoms with van der Waals surface area (Å²) in [6, 6.07) is 19.6. The number of aliphatic hydroxyl groups is 1. The molecule has 1 unspecified atom stereocenters. The summed E-state index contributed by atoms with van der Waals surface area (Å²) in [5.74, 6) is -1.14. The molecule has 2 N–H and O–H groups in total. The third-order valence-electron chi connectivity index (χ3n) is 4.17. The molecule has 3 rings (SSSR count). The Bertz CT molecular complexity index is 943. The van der Waals surface area contributed by atoms with Gasteiger partial charge in [-0.25, -0.2) is 4.39 Å². The molecule has 1 atom stereocenters. The van der Waals surface area contributed by atoms with E-state index in [2.05, 4.69) is 10.5 Å². The average molecular weight is 364 g/mol. The van der Waals surface area contributed by atoms with Crippen molar-refractivity contribution in [3.63, 3.8) is 0 Å². The average Bonchev–Trinajstić information content (AvgIpc) is 2.72. The molecular formula is C21H17FN2O3. The van der Waals surface area contributed by atoms with Gasteiger partial charge < -0.3 is 10.4 Å². The van der Waals surface area contributed by atoms with Crippen LogP contribution in [0.2, 0.25) is 0 Å². The summed E-state index contributed by atoms with van der Waals surface area (Å²) >= 11 is 0. The van der Waals surface area contributed by atoms with E-state index in [9.17, 15) is 14.1 Å². The van der Waals surface area contributed by atoms with Crippen LogP contribution >= 0.6 is 0 Å². The monoisotopic (exact) mass is 364 g/mol. The highest BCUT2D eigenvalue weighted by atomic mass is 19.1. The Balaban J connectivity index is 1.78. The van der Waals surface area contributed by atoms with E-state index in [0.29, 0.717) is 22.3 Å². The predicted octanol–water partition coefficient (Wildman–Crippen LogP) is 4.18. The fourth-order valence-electron chi connectivity index (χ4n) is 2.69. The Morgan fingerprint density at radius 3 is 2.33 bits per heavy atom. The van der Waals surface area contributed by atoms with Crippen LogP contribution in [0.15, 0.2) is 78.0 Å². The van der Waals surface area contributed by atoms with Crippen LogP contribution in [0.5, 0.6) is 0 Å². The number of aliphatic hydroxyl groups excluding tert-OH is 1. The predicted molar refractivity (Wildman–Crippen MR) is 100 cm³/mol. The van der Waals surface area contributed by atoms with Gasteiger partial charge in [0.15, 0.2) is 6.17 Å². The number of benzene rings is 3. The van der Waals surface area contributed by atoms with E-state index in [1.165, 1.54) is 12.1 Å². The van der Waals surface area contributed by atoms with Crippen LogP contribution in [0.25, 0.3) is 11.1 Å². The molecule has 27 heavy (non-hydrogen) atoms. The van der Waals surface area contributed by atoms with Crippen molar-refractivity contribution in [2.45, 2.75) is 12.8 Å². The first-order valence-electron chi connectivity index (χ1n) is 8.30. The van der Waals surface area contributed by atoms with Gasteiger partial charge in [0.25, 0.3) is 5.91 Å². The molecule has 5 nitrogen and oxygen atoms in total. The summed E-state index contributed by atoms with van der Waals surface area (Å²) in [6.07, 6.45) is -1.11. The van der Waals surface area contributed by atoms with Crippen molar-refractivity contribution in [1.29, 1.82) is 0 Å². The summed E-state index contributed by atoms with van der Waals surface area (Å²) < 4.78 is 14.4. The summed E-state index contributed by atoms with van der Waals surface area (Å²) in [5.41, 5.74) is 2.33. The van der Waals surface area contributed by atoms with Gasteiger partial charge in [0, 0.05) is 11.1 Å². The van der Waals surface area contributed by atoms with Crippen molar-refractivity contribution < 1.29 is 14.3 Å². The van der Waals surface area contributed by atoms with Crippen LogP contribution in [0, 0.1) is 10.7 Å². The summed E-state index contributed by atoms with van der Waals surface area (Å²) in [5, 5.41) is 14.5. The van der Waals surface area contributed by atoms with Gasteiger partial charge in [0.1, 0.15) is 5.82 Å². The Hall–Kier alpha value is -3.38. The first-order chi connectivity index (χ1) is 13.1. The molecule has 0 spiro atoms. The van der Waals surface area contributed by atoms with Crippen LogP contribution in [-0.4, -0.2) is 11.0 Å². The molecule has 136 valence electrons. The van der Waals surface area contributed by atoms with Gasteiger partial charge in [0.2, 0.25) is 0 Å². The number of carbonyl (C=O) groups excluding carboxylic acids is 1. The van der Waals surface area contributed by atoms with Crippen LogP contribution in [-0.2, 0) is 6.61 Å². The summed E-state index contributed by atoms with van der Waals surface area (Å²) in [7, 11) is 0. The van der Waals surface area contributed by atoms with Crippen LogP contribution in [0.1, 0.15) is 27.7 Å². The standard InChI is InChI=1S/C21H17FN2O3/c22-19-12-17(10-11-18(19)15-4-2-1-3-5-15)21(26)23-20(24-27)16-8-6-14(13-25)7-9-16/h1-12,20,25H,13H2,(H,23,26). The van der Waals surface area contributed by atoms with Gasteiger partial charge in [-0.15, -0.1) is 4.91 Å². The molecule has 0 heterocycles. The SMILES string of the molecule is O=NC(NC(=O)c1ccc(-c2ccccc2)c(F)c1)c1ccc(CO)cc1. The zero-order chi connectivity index (χ0) is 19.2. The van der Waals surface area contributed by atoms with E-state index in [-0.39, 0.29) is 12.2 Å². The quantitative estimate of drug-likeness (QED) is 0.644. The lowest BCUT2D eigenvalue weighted by molar-refractivity contribution is 0.0937. The summed E-state index contributed by atoms with van der Waals surface area (Å²) in [4.78, 5) is 23.5. The van der Waals surface area contributed by atoms with E-state index in [0.717, 1.165) is 6.07 Å². The lowest BCUT2D eigenvalue weighted by atomic mass is 10.0. The zero-order valence-corrected chi connectivity index (χ0v) is 14.3. The number of hydrogen-bond acceptors (Lipinski definition) is 4. The van der Waals surface area contributed by atoms with E-state index in [1.54, 1.807) is 48.5 Å². The first-order valence-corrected chi connectivity index (χ1v) is 8.30. The molecule has 0 aliphatic carbocycles. The highest BCUT2D eigenvalue weighted by molar-refractivity contribution is 5.95. The minimum Gasteiger partial charge on any atom is -0.392 e. The Morgan fingerprint density at radius 2 is 1.74 bits per heavy atom. The lowest BCUT2D eigenvalue weighted by Gasteiger charge is -2.13. The second-order valence-electron chi connectivity index (χ2n) is 5.94. The third-order valence-corrected chi connectivity index (χ3v) is 4.17. The van der Waals surface area contributed by atoms with Crippen molar-refractivity contribution >= 4 is 5.91 Å². The molecule has 1 amide bonds. The van der Waals surface area contributed by atoms with Gasteiger partial charge in [-0.05, 0) is 34.0 Å². The fourth-order valence-corrected chi connectivity index (χ4v) is 2.69. The number of nitrogens with one attached hydrogen (secondary N) is 1. The van der Waals surface area contributed by atoms with E-state index in [1.807, 2.05) is 6.07 Å². The Kier molecular flexibility index (Phi) is 5.68. The minimum absolute atomic E-state index is 0.0906. The number of rotatable bonds is 6. The number of nitrogens with zero attached hydrogens (tertiary/aromatic N) is 1. The van der Waals surface area contributed by atoms with E-state index in [4.69, 9.17) is 5.11 Å². The first kappa shape index (κ1) is 18.4. The Labute approximate surface area is 155 Å². The molecule has 0 radical (unpaired) electrons. The van der Waals surface area contributed by atoms with Crippen LogP contribution in [0.4, 0.5) is 4.39 Å². The van der Waals surface area contributed by atoms with Crippen molar-refractivity contribution in [1.82, 2.24) is 5.32 Å². The van der Waals surface area contributed by atoms with Crippen molar-refractivity contribution in [2.24, 2.45) is 5.18 Å². The van der Waals surface area contributed by atoms with E-state index < -0.39 is 17.9 Å². The maximum absolute atomic E-state index is 14.4. The van der Waals surface area contributed by atoms with Crippen molar-refractivity contribution in [2.75, 3.05) is 0 Å². The molecule has 0 fully saturated rings. The molecule has 0 aliphatic heterocycles. The second kappa shape index (κ2) is 8.33. The highest BCUT2D eigenvalue weighted by Gasteiger charge is 2.17. The fraction of sp³-hybridized carbons (Fsp3) is 0.0952. The second-order valence-corrected chi connectivity index (χ2v) is 5.94. The topological polar surface area (TPSA) is 78.8 Å². The molecule has 0 aliphatic rings. The largest absolute Gasteiger partial charge is 0.392 e. The van der Waals surface area contributed by atoms with E-state index >= 15 is 0 Å². The van der Waals surface area contributed by atoms with Gasteiger partial charge in [-0.1, -0.05) is 60.7 Å². The van der Waals surface area contributed by atoms with Crippen molar-refractivity contribution in [3.8, 4) is 11.1 Å². The maximum atomic E-state index is 14.4. The number of nitroso groups, excluding NO2 is 1. The summed E-state index contributed by atoms with van der Waals surface area (Å²) in [6.45, 7) is -0.126. The van der Waals surface area contributed by atoms with Crippen molar-refractivity contribution in [3.05, 3.63) is 100 Å². The van der Waals surface area contributed by atoms with Gasteiger partial charge in [0.05, 0.1) is 6.61 Å².